The summed E-state index contributed by atoms with van der Waals surface area (Å²) in [5, 5.41) is 4.24. The number of benzene rings is 2. The zero-order chi connectivity index (χ0) is 23.8. The Morgan fingerprint density at radius 3 is 2.24 bits per heavy atom. The number of hydrogen-bond acceptors (Lipinski definition) is 6. The van der Waals surface area contributed by atoms with E-state index < -0.39 is 11.7 Å². The Balaban J connectivity index is 1.23. The molecule has 1 aromatic heterocycles. The van der Waals surface area contributed by atoms with E-state index in [1.54, 1.807) is 48.4 Å². The molecule has 2 aliphatic heterocycles. The van der Waals surface area contributed by atoms with E-state index >= 15 is 0 Å². The van der Waals surface area contributed by atoms with Crippen molar-refractivity contribution >= 4 is 23.3 Å². The molecule has 0 spiro atoms. The van der Waals surface area contributed by atoms with Gasteiger partial charge in [-0.1, -0.05) is 0 Å². The van der Waals surface area contributed by atoms with Gasteiger partial charge in [0.25, 0.3) is 0 Å². The zero-order valence-corrected chi connectivity index (χ0v) is 18.6. The van der Waals surface area contributed by atoms with E-state index in [9.17, 15) is 18.8 Å². The molecule has 2 amide bonds. The molecule has 0 radical (unpaired) electrons. The SMILES string of the molecule is COc1ccc(N2Cc3nn(CC(=O)N4CCN(c5ccc(F)cc5)CC4)c(=O)n3C2=O)cc1. The van der Waals surface area contributed by atoms with E-state index in [4.69, 9.17) is 4.74 Å². The summed E-state index contributed by atoms with van der Waals surface area (Å²) in [6.45, 7) is 2.05. The first kappa shape index (κ1) is 21.7. The highest BCUT2D eigenvalue weighted by Crippen LogP contribution is 2.24. The Labute approximate surface area is 194 Å². The highest BCUT2D eigenvalue weighted by atomic mass is 19.1. The number of carbonyl (C=O) groups is 2. The molecular formula is C23H23FN6O4. The van der Waals surface area contributed by atoms with Crippen LogP contribution in [0.25, 0.3) is 0 Å². The maximum absolute atomic E-state index is 13.1. The third-order valence-electron chi connectivity index (χ3n) is 6.12. The summed E-state index contributed by atoms with van der Waals surface area (Å²) in [6.07, 6.45) is 0. The van der Waals surface area contributed by atoms with Crippen LogP contribution in [0.4, 0.5) is 20.6 Å². The number of halogens is 1. The molecule has 3 heterocycles. The third kappa shape index (κ3) is 3.89. The maximum atomic E-state index is 13.1. The van der Waals surface area contributed by atoms with Crippen molar-refractivity contribution in [1.82, 2.24) is 19.2 Å². The summed E-state index contributed by atoms with van der Waals surface area (Å²) in [7, 11) is 1.56. The number of hydrogen-bond donors (Lipinski definition) is 0. The summed E-state index contributed by atoms with van der Waals surface area (Å²) in [5.74, 6) is 0.421. The lowest BCUT2D eigenvalue weighted by Crippen LogP contribution is -2.50. The Bertz CT molecular complexity index is 1280. The number of aromatic nitrogens is 3. The average molecular weight is 466 g/mol. The molecule has 2 aromatic carbocycles. The number of piperazine rings is 1. The van der Waals surface area contributed by atoms with Crippen molar-refractivity contribution in [3.8, 4) is 5.75 Å². The third-order valence-corrected chi connectivity index (χ3v) is 6.12. The normalized spacial score (nSPS) is 15.6. The molecule has 0 saturated carbocycles. The van der Waals surface area contributed by atoms with Gasteiger partial charge in [-0.25, -0.2) is 18.7 Å². The van der Waals surface area contributed by atoms with Gasteiger partial charge < -0.3 is 14.5 Å². The summed E-state index contributed by atoms with van der Waals surface area (Å²) in [5.41, 5.74) is 0.891. The van der Waals surface area contributed by atoms with Crippen molar-refractivity contribution in [3.05, 3.63) is 70.7 Å². The molecule has 0 atom stereocenters. The van der Waals surface area contributed by atoms with Crippen molar-refractivity contribution in [2.75, 3.05) is 43.1 Å². The average Bonchev–Trinajstić information content (AvgIpc) is 3.35. The maximum Gasteiger partial charge on any atom is 0.354 e. The fourth-order valence-electron chi connectivity index (χ4n) is 4.24. The zero-order valence-electron chi connectivity index (χ0n) is 18.6. The Kier molecular flexibility index (Phi) is 5.52. The fraction of sp³-hybridized carbons (Fsp3) is 0.304. The molecule has 3 aromatic rings. The van der Waals surface area contributed by atoms with Crippen LogP contribution in [0.15, 0.2) is 53.3 Å². The summed E-state index contributed by atoms with van der Waals surface area (Å²) < 4.78 is 20.3. The van der Waals surface area contributed by atoms with E-state index in [1.165, 1.54) is 17.0 Å². The van der Waals surface area contributed by atoms with Crippen LogP contribution in [0.5, 0.6) is 5.75 Å². The molecule has 5 rings (SSSR count). The van der Waals surface area contributed by atoms with Crippen molar-refractivity contribution in [1.29, 1.82) is 0 Å². The van der Waals surface area contributed by atoms with Crippen molar-refractivity contribution < 1.29 is 18.7 Å². The molecule has 1 saturated heterocycles. The molecule has 0 bridgehead atoms. The van der Waals surface area contributed by atoms with Crippen molar-refractivity contribution in [2.45, 2.75) is 13.1 Å². The number of anilines is 2. The second-order valence-electron chi connectivity index (χ2n) is 8.10. The lowest BCUT2D eigenvalue weighted by Gasteiger charge is -2.36. The van der Waals surface area contributed by atoms with Gasteiger partial charge >= 0.3 is 11.7 Å². The second kappa shape index (κ2) is 8.65. The van der Waals surface area contributed by atoms with Crippen LogP contribution in [-0.4, -0.2) is 64.5 Å². The van der Waals surface area contributed by atoms with E-state index in [-0.39, 0.29) is 24.8 Å². The summed E-state index contributed by atoms with van der Waals surface area (Å²) >= 11 is 0. The minimum atomic E-state index is -0.630. The number of nitrogens with zero attached hydrogens (tertiary/aromatic N) is 6. The largest absolute Gasteiger partial charge is 0.497 e. The molecule has 0 N–H and O–H groups in total. The van der Waals surface area contributed by atoms with Gasteiger partial charge in [0, 0.05) is 37.6 Å². The van der Waals surface area contributed by atoms with Gasteiger partial charge in [-0.3, -0.25) is 9.69 Å². The Morgan fingerprint density at radius 1 is 0.971 bits per heavy atom. The van der Waals surface area contributed by atoms with Gasteiger partial charge in [-0.2, -0.15) is 9.67 Å². The number of ether oxygens (including phenoxy) is 1. The van der Waals surface area contributed by atoms with Crippen molar-refractivity contribution in [3.63, 3.8) is 0 Å². The molecule has 176 valence electrons. The first-order valence-electron chi connectivity index (χ1n) is 10.9. The molecule has 34 heavy (non-hydrogen) atoms. The van der Waals surface area contributed by atoms with Gasteiger partial charge in [0.1, 0.15) is 18.1 Å². The summed E-state index contributed by atoms with van der Waals surface area (Å²) in [6, 6.07) is 12.7. The standard InChI is InChI=1S/C23H23FN6O4/c1-34-19-8-6-18(7-9-19)28-14-20-25-29(23(33)30(20)22(28)32)15-21(31)27-12-10-26(11-13-27)17-4-2-16(24)3-5-17/h2-9H,10-15H2,1H3. The van der Waals surface area contributed by atoms with Crippen LogP contribution in [0.3, 0.4) is 0 Å². The predicted molar refractivity (Wildman–Crippen MR) is 122 cm³/mol. The number of fused-ring (bicyclic) bond motifs is 1. The predicted octanol–water partition coefficient (Wildman–Crippen LogP) is 1.53. The first-order chi connectivity index (χ1) is 16.4. The molecule has 1 fully saturated rings. The van der Waals surface area contributed by atoms with Crippen LogP contribution in [0.2, 0.25) is 0 Å². The lowest BCUT2D eigenvalue weighted by atomic mass is 10.2. The molecular weight excluding hydrogens is 443 g/mol. The fourth-order valence-corrected chi connectivity index (χ4v) is 4.24. The molecule has 10 nitrogen and oxygen atoms in total. The monoisotopic (exact) mass is 466 g/mol. The lowest BCUT2D eigenvalue weighted by molar-refractivity contribution is -0.132. The molecule has 2 aliphatic rings. The van der Waals surface area contributed by atoms with Crippen LogP contribution in [0.1, 0.15) is 5.82 Å². The van der Waals surface area contributed by atoms with Gasteiger partial charge in [-0.15, -0.1) is 0 Å². The Morgan fingerprint density at radius 2 is 1.62 bits per heavy atom. The first-order valence-corrected chi connectivity index (χ1v) is 10.9. The van der Waals surface area contributed by atoms with Crippen molar-refractivity contribution in [2.24, 2.45) is 0 Å². The molecule has 0 aliphatic carbocycles. The van der Waals surface area contributed by atoms with Gasteiger partial charge in [-0.05, 0) is 48.5 Å². The van der Waals surface area contributed by atoms with E-state index in [2.05, 4.69) is 10.00 Å². The Hall–Kier alpha value is -4.15. The molecule has 11 heteroatoms. The van der Waals surface area contributed by atoms with Gasteiger partial charge in [0.2, 0.25) is 5.91 Å². The number of amides is 2. The highest BCUT2D eigenvalue weighted by Gasteiger charge is 2.34. The van der Waals surface area contributed by atoms with Crippen LogP contribution in [0, 0.1) is 5.82 Å². The number of rotatable bonds is 5. The topological polar surface area (TPSA) is 92.9 Å². The minimum Gasteiger partial charge on any atom is -0.497 e. The smallest absolute Gasteiger partial charge is 0.354 e. The van der Waals surface area contributed by atoms with E-state index in [0.717, 1.165) is 14.9 Å². The van der Waals surface area contributed by atoms with Crippen LogP contribution < -0.4 is 20.2 Å². The second-order valence-corrected chi connectivity index (χ2v) is 8.10. The van der Waals surface area contributed by atoms with Gasteiger partial charge in [0.15, 0.2) is 5.82 Å². The quantitative estimate of drug-likeness (QED) is 0.566. The van der Waals surface area contributed by atoms with E-state index in [0.29, 0.717) is 43.4 Å². The minimum absolute atomic E-state index is 0.137. The summed E-state index contributed by atoms with van der Waals surface area (Å²) in [4.78, 5) is 43.7. The number of carbonyl (C=O) groups excluding carboxylic acids is 2. The van der Waals surface area contributed by atoms with Gasteiger partial charge in [0.05, 0.1) is 13.7 Å². The molecule has 0 unspecified atom stereocenters. The van der Waals surface area contributed by atoms with Crippen LogP contribution in [-0.2, 0) is 17.9 Å². The van der Waals surface area contributed by atoms with E-state index in [1.807, 2.05) is 0 Å². The highest BCUT2D eigenvalue weighted by molar-refractivity contribution is 5.96. The van der Waals surface area contributed by atoms with Crippen LogP contribution >= 0.6 is 0 Å². The number of methoxy groups -OCH3 is 1.